The standard InChI is InChI=1S/C17H19NO4S/c1-3-23(21,22)16-6-4-5-12(9-11(2)18)17(16)13-7-8-14(19)15(20)10-13/h3-8,10-11,19-20H,1,9,18H2,2H3. The van der Waals surface area contributed by atoms with Crippen LogP contribution in [-0.2, 0) is 16.3 Å². The maximum absolute atomic E-state index is 12.3. The van der Waals surface area contributed by atoms with Crippen LogP contribution < -0.4 is 5.73 Å². The zero-order valence-corrected chi connectivity index (χ0v) is 13.5. The van der Waals surface area contributed by atoms with Gasteiger partial charge in [-0.3, -0.25) is 0 Å². The van der Waals surface area contributed by atoms with E-state index in [1.54, 1.807) is 18.2 Å². The van der Waals surface area contributed by atoms with E-state index in [9.17, 15) is 18.6 Å². The van der Waals surface area contributed by atoms with Crippen LogP contribution in [0.5, 0.6) is 11.5 Å². The van der Waals surface area contributed by atoms with Gasteiger partial charge in [0.15, 0.2) is 21.3 Å². The second kappa shape index (κ2) is 6.44. The van der Waals surface area contributed by atoms with Crippen LogP contribution in [0.4, 0.5) is 0 Å². The number of benzene rings is 2. The van der Waals surface area contributed by atoms with Crippen molar-refractivity contribution >= 4 is 9.84 Å². The highest BCUT2D eigenvalue weighted by atomic mass is 32.2. The number of hydrogen-bond acceptors (Lipinski definition) is 5. The van der Waals surface area contributed by atoms with Gasteiger partial charge in [0.25, 0.3) is 0 Å². The maximum atomic E-state index is 12.3. The lowest BCUT2D eigenvalue weighted by molar-refractivity contribution is 0.404. The van der Waals surface area contributed by atoms with Crippen LogP contribution in [0, 0.1) is 0 Å². The summed E-state index contributed by atoms with van der Waals surface area (Å²) in [5, 5.41) is 20.1. The number of aromatic hydroxyl groups is 2. The van der Waals surface area contributed by atoms with Crippen LogP contribution in [-0.4, -0.2) is 24.7 Å². The third-order valence-electron chi connectivity index (χ3n) is 3.44. The lowest BCUT2D eigenvalue weighted by Crippen LogP contribution is -2.18. The van der Waals surface area contributed by atoms with Crippen LogP contribution in [0.1, 0.15) is 12.5 Å². The summed E-state index contributed by atoms with van der Waals surface area (Å²) in [5.41, 5.74) is 7.54. The Bertz CT molecular complexity index is 842. The first kappa shape index (κ1) is 17.1. The fraction of sp³-hybridized carbons (Fsp3) is 0.176. The second-order valence-corrected chi connectivity index (χ2v) is 7.25. The Balaban J connectivity index is 2.80. The molecule has 122 valence electrons. The number of sulfone groups is 1. The summed E-state index contributed by atoms with van der Waals surface area (Å²) in [7, 11) is -3.68. The van der Waals surface area contributed by atoms with Gasteiger partial charge in [0.1, 0.15) is 0 Å². The highest BCUT2D eigenvalue weighted by molar-refractivity contribution is 7.94. The van der Waals surface area contributed by atoms with Crippen molar-refractivity contribution in [1.29, 1.82) is 0 Å². The molecule has 23 heavy (non-hydrogen) atoms. The van der Waals surface area contributed by atoms with E-state index in [4.69, 9.17) is 5.73 Å². The summed E-state index contributed by atoms with van der Waals surface area (Å²) in [5.74, 6) is -0.591. The number of nitrogens with two attached hydrogens (primary N) is 1. The molecule has 0 spiro atoms. The maximum Gasteiger partial charge on any atom is 0.199 e. The van der Waals surface area contributed by atoms with Crippen LogP contribution >= 0.6 is 0 Å². The highest BCUT2D eigenvalue weighted by Crippen LogP contribution is 2.36. The Morgan fingerprint density at radius 3 is 2.48 bits per heavy atom. The molecule has 1 atom stereocenters. The summed E-state index contributed by atoms with van der Waals surface area (Å²) in [6.45, 7) is 5.19. The molecule has 0 heterocycles. The van der Waals surface area contributed by atoms with Crippen molar-refractivity contribution in [3.05, 3.63) is 53.9 Å². The Kier molecular flexibility index (Phi) is 4.77. The van der Waals surface area contributed by atoms with Gasteiger partial charge < -0.3 is 15.9 Å². The molecule has 6 heteroatoms. The molecule has 5 nitrogen and oxygen atoms in total. The normalized spacial score (nSPS) is 12.8. The monoisotopic (exact) mass is 333 g/mol. The molecule has 4 N–H and O–H groups in total. The first-order chi connectivity index (χ1) is 10.8. The number of hydrogen-bond donors (Lipinski definition) is 3. The van der Waals surface area contributed by atoms with Crippen LogP contribution in [0.3, 0.4) is 0 Å². The van der Waals surface area contributed by atoms with Crippen LogP contribution in [0.15, 0.2) is 53.3 Å². The summed E-state index contributed by atoms with van der Waals surface area (Å²) in [6.07, 6.45) is 0.470. The van der Waals surface area contributed by atoms with E-state index < -0.39 is 9.84 Å². The lowest BCUT2D eigenvalue weighted by Gasteiger charge is -2.16. The van der Waals surface area contributed by atoms with Gasteiger partial charge in [0.05, 0.1) is 4.90 Å². The van der Waals surface area contributed by atoms with Crippen molar-refractivity contribution < 1.29 is 18.6 Å². The molecule has 0 saturated carbocycles. The minimum atomic E-state index is -3.68. The molecule has 0 aliphatic heterocycles. The molecule has 0 amide bonds. The molecule has 2 rings (SSSR count). The van der Waals surface area contributed by atoms with Crippen LogP contribution in [0.25, 0.3) is 11.1 Å². The average molecular weight is 333 g/mol. The Labute approximate surface area is 135 Å². The molecular weight excluding hydrogens is 314 g/mol. The molecule has 1 unspecified atom stereocenters. The molecule has 2 aromatic carbocycles. The van der Waals surface area contributed by atoms with Crippen molar-refractivity contribution in [3.8, 4) is 22.6 Å². The Morgan fingerprint density at radius 1 is 1.22 bits per heavy atom. The third-order valence-corrected chi connectivity index (χ3v) is 4.84. The smallest absolute Gasteiger partial charge is 0.199 e. The zero-order valence-electron chi connectivity index (χ0n) is 12.7. The van der Waals surface area contributed by atoms with Gasteiger partial charge in [0.2, 0.25) is 0 Å². The van der Waals surface area contributed by atoms with Gasteiger partial charge in [-0.05, 0) is 42.7 Å². The molecule has 0 radical (unpaired) electrons. The van der Waals surface area contributed by atoms with Crippen LogP contribution in [0.2, 0.25) is 0 Å². The molecule has 0 bridgehead atoms. The quantitative estimate of drug-likeness (QED) is 0.730. The minimum Gasteiger partial charge on any atom is -0.504 e. The summed E-state index contributed by atoms with van der Waals surface area (Å²) >= 11 is 0. The van der Waals surface area contributed by atoms with Crippen molar-refractivity contribution in [1.82, 2.24) is 0 Å². The third kappa shape index (κ3) is 3.55. The van der Waals surface area contributed by atoms with Gasteiger partial charge in [-0.2, -0.15) is 0 Å². The van der Waals surface area contributed by atoms with Crippen molar-refractivity contribution in [2.24, 2.45) is 5.73 Å². The van der Waals surface area contributed by atoms with Gasteiger partial charge in [-0.1, -0.05) is 24.8 Å². The second-order valence-electron chi connectivity index (χ2n) is 5.39. The SMILES string of the molecule is C=CS(=O)(=O)c1cccc(CC(C)N)c1-c1ccc(O)c(O)c1. The highest BCUT2D eigenvalue weighted by Gasteiger charge is 2.20. The van der Waals surface area contributed by atoms with E-state index in [-0.39, 0.29) is 22.4 Å². The average Bonchev–Trinajstić information content (AvgIpc) is 2.49. The summed E-state index contributed by atoms with van der Waals surface area (Å²) < 4.78 is 24.6. The molecule has 0 saturated heterocycles. The van der Waals surface area contributed by atoms with Crippen molar-refractivity contribution in [3.63, 3.8) is 0 Å². The first-order valence-electron chi connectivity index (χ1n) is 7.03. The van der Waals surface area contributed by atoms with Gasteiger partial charge in [-0.25, -0.2) is 8.42 Å². The molecular formula is C17H19NO4S. The van der Waals surface area contributed by atoms with Crippen molar-refractivity contribution in [2.45, 2.75) is 24.3 Å². The molecule has 0 aromatic heterocycles. The Morgan fingerprint density at radius 2 is 1.91 bits per heavy atom. The van der Waals surface area contributed by atoms with Gasteiger partial charge in [-0.15, -0.1) is 0 Å². The largest absolute Gasteiger partial charge is 0.504 e. The first-order valence-corrected chi connectivity index (χ1v) is 8.58. The predicted molar refractivity (Wildman–Crippen MR) is 89.9 cm³/mol. The molecule has 0 aliphatic rings. The minimum absolute atomic E-state index is 0.0933. The van der Waals surface area contributed by atoms with Gasteiger partial charge >= 0.3 is 0 Å². The Hall–Kier alpha value is -2.31. The summed E-state index contributed by atoms with van der Waals surface area (Å²) in [6, 6.07) is 8.97. The number of phenolic OH excluding ortho intramolecular Hbond substituents is 2. The molecule has 0 fully saturated rings. The molecule has 0 aliphatic carbocycles. The fourth-order valence-electron chi connectivity index (χ4n) is 2.43. The zero-order chi connectivity index (χ0) is 17.2. The van der Waals surface area contributed by atoms with E-state index in [2.05, 4.69) is 6.58 Å². The fourth-order valence-corrected chi connectivity index (χ4v) is 3.41. The van der Waals surface area contributed by atoms with E-state index in [1.807, 2.05) is 6.92 Å². The number of phenols is 2. The van der Waals surface area contributed by atoms with E-state index in [0.29, 0.717) is 17.5 Å². The van der Waals surface area contributed by atoms with Gasteiger partial charge in [0, 0.05) is 17.0 Å². The number of rotatable bonds is 5. The van der Waals surface area contributed by atoms with E-state index in [1.165, 1.54) is 18.2 Å². The van der Waals surface area contributed by atoms with E-state index >= 15 is 0 Å². The summed E-state index contributed by atoms with van der Waals surface area (Å²) in [4.78, 5) is 0.0933. The topological polar surface area (TPSA) is 101 Å². The van der Waals surface area contributed by atoms with Crippen molar-refractivity contribution in [2.75, 3.05) is 0 Å². The predicted octanol–water partition coefficient (Wildman–Crippen LogP) is 2.57. The lowest BCUT2D eigenvalue weighted by atomic mass is 9.95. The van der Waals surface area contributed by atoms with E-state index in [0.717, 1.165) is 11.0 Å². The molecule has 2 aromatic rings.